The van der Waals surface area contributed by atoms with Crippen molar-refractivity contribution in [3.63, 3.8) is 0 Å². The summed E-state index contributed by atoms with van der Waals surface area (Å²) in [4.78, 5) is 29.6. The van der Waals surface area contributed by atoms with Gasteiger partial charge in [0.05, 0.1) is 21.5 Å². The molecule has 0 saturated heterocycles. The van der Waals surface area contributed by atoms with Crippen molar-refractivity contribution in [2.45, 2.75) is 10.3 Å². The van der Waals surface area contributed by atoms with Crippen molar-refractivity contribution in [1.29, 1.82) is 0 Å². The predicted molar refractivity (Wildman–Crippen MR) is 138 cm³/mol. The SMILES string of the molecule is O=C(NNc1ncccc1Cl)c1cc(NC(=O)[C@H]2[C@H](c3cc(Cl)cc(Cl)c3)C2(Cl)Cl)ccc1Cl. The quantitative estimate of drug-likeness (QED) is 0.218. The molecule has 0 bridgehead atoms. The fourth-order valence-corrected chi connectivity index (χ4v) is 5.22. The summed E-state index contributed by atoms with van der Waals surface area (Å²) in [6.07, 6.45) is 1.51. The van der Waals surface area contributed by atoms with Crippen molar-refractivity contribution in [2.24, 2.45) is 5.92 Å². The number of rotatable bonds is 6. The smallest absolute Gasteiger partial charge is 0.271 e. The Kier molecular flexibility index (Phi) is 7.38. The number of hydrogen-bond acceptors (Lipinski definition) is 4. The largest absolute Gasteiger partial charge is 0.326 e. The van der Waals surface area contributed by atoms with Gasteiger partial charge in [0.15, 0.2) is 5.82 Å². The summed E-state index contributed by atoms with van der Waals surface area (Å²) in [5.41, 5.74) is 6.18. The van der Waals surface area contributed by atoms with E-state index in [0.717, 1.165) is 0 Å². The van der Waals surface area contributed by atoms with Gasteiger partial charge in [0, 0.05) is 27.8 Å². The lowest BCUT2D eigenvalue weighted by Crippen LogP contribution is -2.30. The minimum absolute atomic E-state index is 0.107. The van der Waals surface area contributed by atoms with E-state index in [1.807, 2.05) is 0 Å². The van der Waals surface area contributed by atoms with E-state index in [2.05, 4.69) is 21.2 Å². The van der Waals surface area contributed by atoms with Gasteiger partial charge in [0.1, 0.15) is 4.33 Å². The van der Waals surface area contributed by atoms with Crippen LogP contribution in [0.15, 0.2) is 54.7 Å². The zero-order valence-corrected chi connectivity index (χ0v) is 21.4. The minimum atomic E-state index is -1.34. The van der Waals surface area contributed by atoms with E-state index < -0.39 is 28.0 Å². The molecule has 2 aromatic carbocycles. The fourth-order valence-electron chi connectivity index (χ4n) is 3.48. The number of hydrogen-bond donors (Lipinski definition) is 3. The van der Waals surface area contributed by atoms with Crippen molar-refractivity contribution in [3.8, 4) is 0 Å². The van der Waals surface area contributed by atoms with Gasteiger partial charge in [-0.1, -0.05) is 46.4 Å². The Labute approximate surface area is 224 Å². The van der Waals surface area contributed by atoms with E-state index in [4.69, 9.17) is 69.6 Å². The number of amides is 2. The van der Waals surface area contributed by atoms with Crippen LogP contribution in [0.2, 0.25) is 20.1 Å². The Balaban J connectivity index is 1.47. The first kappa shape index (κ1) is 25.2. The molecule has 12 heteroatoms. The third-order valence-corrected chi connectivity index (χ3v) is 7.12. The van der Waals surface area contributed by atoms with Gasteiger partial charge < -0.3 is 5.32 Å². The molecule has 3 N–H and O–H groups in total. The molecule has 1 heterocycles. The summed E-state index contributed by atoms with van der Waals surface area (Å²) in [6.45, 7) is 0. The molecular formula is C22H14Cl6N4O2. The Morgan fingerprint density at radius 1 is 0.912 bits per heavy atom. The highest BCUT2D eigenvalue weighted by Gasteiger charge is 2.67. The third kappa shape index (κ3) is 5.33. The number of carbonyl (C=O) groups excluding carboxylic acids is 2. The maximum Gasteiger partial charge on any atom is 0.271 e. The van der Waals surface area contributed by atoms with Crippen LogP contribution in [0.1, 0.15) is 21.8 Å². The Morgan fingerprint density at radius 2 is 1.62 bits per heavy atom. The number of nitrogens with one attached hydrogen (secondary N) is 3. The van der Waals surface area contributed by atoms with Crippen LogP contribution in [-0.4, -0.2) is 21.1 Å². The summed E-state index contributed by atoms with van der Waals surface area (Å²) < 4.78 is -1.34. The predicted octanol–water partition coefficient (Wildman–Crippen LogP) is 6.98. The van der Waals surface area contributed by atoms with E-state index >= 15 is 0 Å². The monoisotopic (exact) mass is 576 g/mol. The molecule has 0 aliphatic heterocycles. The zero-order valence-electron chi connectivity index (χ0n) is 16.9. The molecule has 1 aliphatic carbocycles. The Morgan fingerprint density at radius 3 is 2.29 bits per heavy atom. The minimum Gasteiger partial charge on any atom is -0.326 e. The lowest BCUT2D eigenvalue weighted by atomic mass is 10.1. The maximum absolute atomic E-state index is 12.9. The molecule has 2 atom stereocenters. The van der Waals surface area contributed by atoms with Gasteiger partial charge >= 0.3 is 0 Å². The average Bonchev–Trinajstić information content (AvgIpc) is 3.35. The first-order chi connectivity index (χ1) is 16.1. The first-order valence-electron chi connectivity index (χ1n) is 9.69. The highest BCUT2D eigenvalue weighted by atomic mass is 35.5. The van der Waals surface area contributed by atoms with Gasteiger partial charge in [-0.25, -0.2) is 4.98 Å². The number of anilines is 2. The second-order valence-electron chi connectivity index (χ2n) is 7.43. The summed E-state index contributed by atoms with van der Waals surface area (Å²) in [5, 5.41) is 4.04. The van der Waals surface area contributed by atoms with Gasteiger partial charge in [0.25, 0.3) is 5.91 Å². The van der Waals surface area contributed by atoms with Crippen LogP contribution in [0, 0.1) is 5.92 Å². The lowest BCUT2D eigenvalue weighted by molar-refractivity contribution is -0.117. The molecule has 0 unspecified atom stereocenters. The molecule has 6 nitrogen and oxygen atoms in total. The van der Waals surface area contributed by atoms with Crippen LogP contribution in [0.3, 0.4) is 0 Å². The number of nitrogens with zero attached hydrogens (tertiary/aromatic N) is 1. The molecule has 1 saturated carbocycles. The van der Waals surface area contributed by atoms with Crippen LogP contribution in [0.5, 0.6) is 0 Å². The van der Waals surface area contributed by atoms with E-state index in [1.165, 1.54) is 18.3 Å². The van der Waals surface area contributed by atoms with Crippen LogP contribution in [0.4, 0.5) is 11.5 Å². The van der Waals surface area contributed by atoms with Gasteiger partial charge in [0.2, 0.25) is 5.91 Å². The molecule has 0 spiro atoms. The number of halogens is 6. The van der Waals surface area contributed by atoms with E-state index in [-0.39, 0.29) is 16.4 Å². The maximum atomic E-state index is 12.9. The average molecular weight is 579 g/mol. The molecule has 4 rings (SSSR count). The summed E-state index contributed by atoms with van der Waals surface area (Å²) >= 11 is 37.1. The van der Waals surface area contributed by atoms with Crippen molar-refractivity contribution in [3.05, 3.63) is 85.9 Å². The van der Waals surface area contributed by atoms with Crippen molar-refractivity contribution >= 4 is 92.9 Å². The van der Waals surface area contributed by atoms with E-state index in [0.29, 0.717) is 26.3 Å². The molecule has 176 valence electrons. The van der Waals surface area contributed by atoms with Crippen LogP contribution in [-0.2, 0) is 4.79 Å². The Bertz CT molecular complexity index is 1270. The molecule has 1 aromatic heterocycles. The van der Waals surface area contributed by atoms with Gasteiger partial charge in [-0.05, 0) is 54.1 Å². The second kappa shape index (κ2) is 9.97. The molecule has 1 aliphatic rings. The van der Waals surface area contributed by atoms with Gasteiger partial charge in [-0.15, -0.1) is 23.2 Å². The molecule has 34 heavy (non-hydrogen) atoms. The standard InChI is InChI=1S/C22H14Cl6N4O2/c23-11-6-10(7-12(24)8-11)17-18(22(17,27)28)21(34)30-13-3-4-15(25)14(9-13)20(33)32-31-19-16(26)2-1-5-29-19/h1-9,17-18H,(H,29,31)(H,30,34)(H,32,33)/t17-,18+/m0/s1. The molecule has 2 amide bonds. The number of alkyl halides is 2. The second-order valence-corrected chi connectivity index (χ2v) is 10.6. The molecule has 0 radical (unpaired) electrons. The molecule has 3 aromatic rings. The number of hydrazine groups is 1. The van der Waals surface area contributed by atoms with E-state index in [1.54, 1.807) is 36.4 Å². The molecule has 1 fully saturated rings. The normalized spacial score (nSPS) is 18.2. The molecular weight excluding hydrogens is 565 g/mol. The highest BCUT2D eigenvalue weighted by molar-refractivity contribution is 6.53. The van der Waals surface area contributed by atoms with Crippen molar-refractivity contribution in [2.75, 3.05) is 10.7 Å². The van der Waals surface area contributed by atoms with Crippen LogP contribution < -0.4 is 16.2 Å². The highest BCUT2D eigenvalue weighted by Crippen LogP contribution is 2.65. The summed E-state index contributed by atoms with van der Waals surface area (Å²) in [5.74, 6) is -2.00. The topological polar surface area (TPSA) is 83.1 Å². The fraction of sp³-hybridized carbons (Fsp3) is 0.136. The number of benzene rings is 2. The number of carbonyl (C=O) groups is 2. The van der Waals surface area contributed by atoms with Gasteiger partial charge in [-0.2, -0.15) is 0 Å². The van der Waals surface area contributed by atoms with Gasteiger partial charge in [-0.3, -0.25) is 20.4 Å². The summed E-state index contributed by atoms with van der Waals surface area (Å²) in [7, 11) is 0. The number of pyridine rings is 1. The van der Waals surface area contributed by atoms with E-state index in [9.17, 15) is 9.59 Å². The third-order valence-electron chi connectivity index (χ3n) is 5.11. The summed E-state index contributed by atoms with van der Waals surface area (Å²) in [6, 6.07) is 12.6. The zero-order chi connectivity index (χ0) is 24.6. The van der Waals surface area contributed by atoms with Crippen LogP contribution in [0.25, 0.3) is 0 Å². The first-order valence-corrected chi connectivity index (χ1v) is 12.0. The lowest BCUT2D eigenvalue weighted by Gasteiger charge is -2.12. The Hall–Kier alpha value is -1.93. The number of aromatic nitrogens is 1. The van der Waals surface area contributed by atoms with Crippen LogP contribution >= 0.6 is 69.6 Å². The van der Waals surface area contributed by atoms with Crippen molar-refractivity contribution < 1.29 is 9.59 Å². The van der Waals surface area contributed by atoms with Crippen molar-refractivity contribution in [1.82, 2.24) is 10.4 Å².